The number of likely N-dealkylation sites (N-methyl/N-ethyl adjacent to an activating group) is 1. The third-order valence-electron chi connectivity index (χ3n) is 5.07. The maximum absolute atomic E-state index is 3.77. The van der Waals surface area contributed by atoms with Gasteiger partial charge >= 0.3 is 0 Å². The van der Waals surface area contributed by atoms with Crippen LogP contribution in [0.25, 0.3) is 0 Å². The Balaban J connectivity index is 1.84. The minimum atomic E-state index is 0.816. The van der Waals surface area contributed by atoms with Crippen LogP contribution in [0, 0.1) is 0 Å². The summed E-state index contributed by atoms with van der Waals surface area (Å²) < 4.78 is 0. The van der Waals surface area contributed by atoms with E-state index in [1.807, 2.05) is 0 Å². The van der Waals surface area contributed by atoms with E-state index in [9.17, 15) is 0 Å². The molecule has 3 nitrogen and oxygen atoms in total. The number of hydrogen-bond donors (Lipinski definition) is 1. The number of nitrogens with one attached hydrogen (secondary N) is 1. The van der Waals surface area contributed by atoms with Crippen LogP contribution in [0.3, 0.4) is 0 Å². The predicted octanol–water partition coefficient (Wildman–Crippen LogP) is 2.32. The van der Waals surface area contributed by atoms with Crippen LogP contribution in [0.1, 0.15) is 52.9 Å². The van der Waals surface area contributed by atoms with Crippen molar-refractivity contribution in [3.8, 4) is 0 Å². The first kappa shape index (κ1) is 15.3. The average Bonchev–Trinajstić information content (AvgIpc) is 2.77. The van der Waals surface area contributed by atoms with Gasteiger partial charge in [0, 0.05) is 31.2 Å². The first-order chi connectivity index (χ1) is 9.26. The maximum Gasteiger partial charge on any atom is 0.0125 e. The van der Waals surface area contributed by atoms with E-state index >= 15 is 0 Å². The molecule has 2 atom stereocenters. The molecule has 0 amide bonds. The van der Waals surface area contributed by atoms with Gasteiger partial charge in [-0.05, 0) is 51.7 Å². The smallest absolute Gasteiger partial charge is 0.0125 e. The summed E-state index contributed by atoms with van der Waals surface area (Å²) in [5.74, 6) is 0. The summed E-state index contributed by atoms with van der Waals surface area (Å²) in [6, 6.07) is 2.47. The summed E-state index contributed by atoms with van der Waals surface area (Å²) in [5, 5.41) is 3.77. The van der Waals surface area contributed by atoms with E-state index in [0.29, 0.717) is 0 Å². The second kappa shape index (κ2) is 7.61. The van der Waals surface area contributed by atoms with Crippen molar-refractivity contribution < 1.29 is 0 Å². The molecule has 2 heterocycles. The lowest BCUT2D eigenvalue weighted by molar-refractivity contribution is 0.124. The molecule has 0 radical (unpaired) electrons. The molecule has 2 aliphatic heterocycles. The van der Waals surface area contributed by atoms with E-state index in [1.54, 1.807) is 0 Å². The van der Waals surface area contributed by atoms with Gasteiger partial charge in [-0.3, -0.25) is 4.90 Å². The molecule has 112 valence electrons. The quantitative estimate of drug-likeness (QED) is 0.728. The van der Waals surface area contributed by atoms with Gasteiger partial charge in [0.05, 0.1) is 0 Å². The topological polar surface area (TPSA) is 18.5 Å². The van der Waals surface area contributed by atoms with E-state index in [4.69, 9.17) is 0 Å². The summed E-state index contributed by atoms with van der Waals surface area (Å²) in [5.41, 5.74) is 0. The Hall–Kier alpha value is -0.120. The van der Waals surface area contributed by atoms with Crippen molar-refractivity contribution >= 4 is 0 Å². The average molecular weight is 267 g/mol. The Labute approximate surface area is 119 Å². The lowest BCUT2D eigenvalue weighted by Crippen LogP contribution is -2.50. The van der Waals surface area contributed by atoms with Gasteiger partial charge in [-0.25, -0.2) is 0 Å². The molecule has 0 aromatic heterocycles. The summed E-state index contributed by atoms with van der Waals surface area (Å²) in [6.07, 6.45) is 6.88. The van der Waals surface area contributed by atoms with Gasteiger partial charge in [-0.15, -0.1) is 0 Å². The van der Waals surface area contributed by atoms with E-state index in [2.05, 4.69) is 35.9 Å². The first-order valence-corrected chi connectivity index (χ1v) is 8.49. The number of rotatable bonds is 8. The summed E-state index contributed by atoms with van der Waals surface area (Å²) >= 11 is 0. The van der Waals surface area contributed by atoms with Crippen molar-refractivity contribution in [3.63, 3.8) is 0 Å². The van der Waals surface area contributed by atoms with Crippen LogP contribution in [-0.4, -0.2) is 60.6 Å². The first-order valence-electron chi connectivity index (χ1n) is 8.49. The Morgan fingerprint density at radius 2 is 1.53 bits per heavy atom. The fraction of sp³-hybridized carbons (Fsp3) is 1.00. The molecule has 0 spiro atoms. The van der Waals surface area contributed by atoms with Gasteiger partial charge in [-0.2, -0.15) is 0 Å². The fourth-order valence-corrected chi connectivity index (χ4v) is 3.90. The zero-order valence-corrected chi connectivity index (χ0v) is 13.2. The summed E-state index contributed by atoms with van der Waals surface area (Å²) in [6.45, 7) is 13.0. The van der Waals surface area contributed by atoms with Crippen molar-refractivity contribution in [2.45, 2.75) is 71.0 Å². The Morgan fingerprint density at radius 3 is 2.05 bits per heavy atom. The summed E-state index contributed by atoms with van der Waals surface area (Å²) in [7, 11) is 0. The molecule has 3 heteroatoms. The third-order valence-corrected chi connectivity index (χ3v) is 5.07. The van der Waals surface area contributed by atoms with Crippen LogP contribution in [0.15, 0.2) is 0 Å². The highest BCUT2D eigenvalue weighted by Gasteiger charge is 2.35. The third kappa shape index (κ3) is 4.17. The molecular weight excluding hydrogens is 234 g/mol. The van der Waals surface area contributed by atoms with Crippen LogP contribution < -0.4 is 5.32 Å². The van der Waals surface area contributed by atoms with Crippen molar-refractivity contribution in [2.24, 2.45) is 0 Å². The lowest BCUT2D eigenvalue weighted by atomic mass is 9.98. The van der Waals surface area contributed by atoms with Crippen LogP contribution in [0.2, 0.25) is 0 Å². The van der Waals surface area contributed by atoms with Gasteiger partial charge in [0.25, 0.3) is 0 Å². The molecule has 2 unspecified atom stereocenters. The number of hydrogen-bond acceptors (Lipinski definition) is 3. The van der Waals surface area contributed by atoms with E-state index in [1.165, 1.54) is 64.8 Å². The standard InChI is InChI=1S/C16H33N3/c1-4-9-19(11-10-18(5-2)6-3)16-12-14-7-8-15(13-16)17-14/h14-17H,4-13H2,1-3H3. The van der Waals surface area contributed by atoms with Crippen LogP contribution in [-0.2, 0) is 0 Å². The minimum Gasteiger partial charge on any atom is -0.311 e. The Kier molecular flexibility index (Phi) is 6.11. The van der Waals surface area contributed by atoms with Gasteiger partial charge in [0.15, 0.2) is 0 Å². The molecule has 2 rings (SSSR count). The molecular formula is C16H33N3. The molecule has 19 heavy (non-hydrogen) atoms. The number of nitrogens with zero attached hydrogens (tertiary/aromatic N) is 2. The highest BCUT2D eigenvalue weighted by Crippen LogP contribution is 2.29. The van der Waals surface area contributed by atoms with Gasteiger partial charge in [0.2, 0.25) is 0 Å². The zero-order valence-electron chi connectivity index (χ0n) is 13.2. The molecule has 2 saturated heterocycles. The van der Waals surface area contributed by atoms with Crippen molar-refractivity contribution in [2.75, 3.05) is 32.7 Å². The predicted molar refractivity (Wildman–Crippen MR) is 82.6 cm³/mol. The normalized spacial score (nSPS) is 30.5. The second-order valence-corrected chi connectivity index (χ2v) is 6.33. The number of piperidine rings is 1. The van der Waals surface area contributed by atoms with E-state index in [0.717, 1.165) is 18.1 Å². The van der Waals surface area contributed by atoms with Gasteiger partial charge in [0.1, 0.15) is 0 Å². The molecule has 1 N–H and O–H groups in total. The van der Waals surface area contributed by atoms with Crippen molar-refractivity contribution in [1.82, 2.24) is 15.1 Å². The highest BCUT2D eigenvalue weighted by atomic mass is 15.2. The molecule has 2 fully saturated rings. The van der Waals surface area contributed by atoms with Crippen LogP contribution in [0.5, 0.6) is 0 Å². The molecule has 0 aromatic carbocycles. The molecule has 2 bridgehead atoms. The molecule has 0 saturated carbocycles. The fourth-order valence-electron chi connectivity index (χ4n) is 3.90. The zero-order chi connectivity index (χ0) is 13.7. The minimum absolute atomic E-state index is 0.816. The van der Waals surface area contributed by atoms with Gasteiger partial charge in [-0.1, -0.05) is 20.8 Å². The molecule has 2 aliphatic rings. The maximum atomic E-state index is 3.77. The van der Waals surface area contributed by atoms with Crippen LogP contribution in [0.4, 0.5) is 0 Å². The number of fused-ring (bicyclic) bond motifs is 2. The Bertz CT molecular complexity index is 240. The van der Waals surface area contributed by atoms with E-state index < -0.39 is 0 Å². The Morgan fingerprint density at radius 1 is 0.895 bits per heavy atom. The van der Waals surface area contributed by atoms with Crippen LogP contribution >= 0.6 is 0 Å². The highest BCUT2D eigenvalue weighted by molar-refractivity contribution is 4.95. The molecule has 0 aromatic rings. The lowest BCUT2D eigenvalue weighted by Gasteiger charge is -2.38. The summed E-state index contributed by atoms with van der Waals surface area (Å²) in [4.78, 5) is 5.34. The van der Waals surface area contributed by atoms with Crippen molar-refractivity contribution in [3.05, 3.63) is 0 Å². The van der Waals surface area contributed by atoms with Gasteiger partial charge < -0.3 is 10.2 Å². The monoisotopic (exact) mass is 267 g/mol. The SMILES string of the molecule is CCCN(CCN(CC)CC)C1CC2CCC(C1)N2. The van der Waals surface area contributed by atoms with E-state index in [-0.39, 0.29) is 0 Å². The second-order valence-electron chi connectivity index (χ2n) is 6.33. The van der Waals surface area contributed by atoms with Crippen molar-refractivity contribution in [1.29, 1.82) is 0 Å². The largest absolute Gasteiger partial charge is 0.311 e. The molecule has 0 aliphatic carbocycles.